The van der Waals surface area contributed by atoms with Gasteiger partial charge in [0.2, 0.25) is 0 Å². The van der Waals surface area contributed by atoms with Gasteiger partial charge >= 0.3 is 5.97 Å². The van der Waals surface area contributed by atoms with E-state index in [1.807, 2.05) is 20.9 Å². The van der Waals surface area contributed by atoms with Crippen molar-refractivity contribution in [1.82, 2.24) is 9.80 Å². The summed E-state index contributed by atoms with van der Waals surface area (Å²) < 4.78 is 4.85. The van der Waals surface area contributed by atoms with E-state index >= 15 is 0 Å². The lowest BCUT2D eigenvalue weighted by atomic mass is 9.93. The van der Waals surface area contributed by atoms with E-state index < -0.39 is 5.54 Å². The molecule has 4 heteroatoms. The van der Waals surface area contributed by atoms with E-state index in [-0.39, 0.29) is 5.97 Å². The van der Waals surface area contributed by atoms with Crippen molar-refractivity contribution in [1.29, 1.82) is 0 Å². The molecule has 1 rings (SSSR count). The van der Waals surface area contributed by atoms with E-state index in [1.165, 1.54) is 39.5 Å². The number of nitrogens with zero attached hydrogens (tertiary/aromatic N) is 2. The molecule has 1 aliphatic rings. The van der Waals surface area contributed by atoms with Gasteiger partial charge in [0.1, 0.15) is 5.54 Å². The molecule has 0 N–H and O–H groups in total. The van der Waals surface area contributed by atoms with Crippen LogP contribution in [0.1, 0.15) is 33.1 Å². The van der Waals surface area contributed by atoms with Crippen LogP contribution in [0.25, 0.3) is 0 Å². The molecule has 106 valence electrons. The number of carbonyl (C=O) groups is 1. The van der Waals surface area contributed by atoms with Crippen LogP contribution in [0.15, 0.2) is 0 Å². The molecule has 0 radical (unpaired) electrons. The maximum Gasteiger partial charge on any atom is 0.325 e. The molecule has 0 saturated carbocycles. The number of likely N-dealkylation sites (N-methyl/N-ethyl adjacent to an activating group) is 1. The third kappa shape index (κ3) is 3.95. The maximum atomic E-state index is 11.7. The zero-order chi connectivity index (χ0) is 13.8. The van der Waals surface area contributed by atoms with Crippen molar-refractivity contribution in [2.75, 3.05) is 40.8 Å². The van der Waals surface area contributed by atoms with Crippen molar-refractivity contribution in [3.8, 4) is 0 Å². The second-order valence-electron chi connectivity index (χ2n) is 6.01. The minimum Gasteiger partial charge on any atom is -0.468 e. The summed E-state index contributed by atoms with van der Waals surface area (Å²) in [7, 11) is 5.64. The van der Waals surface area contributed by atoms with Gasteiger partial charge in [-0.25, -0.2) is 0 Å². The van der Waals surface area contributed by atoms with Crippen LogP contribution in [-0.4, -0.2) is 62.1 Å². The lowest BCUT2D eigenvalue weighted by Crippen LogP contribution is -2.49. The van der Waals surface area contributed by atoms with Crippen molar-refractivity contribution in [3.05, 3.63) is 0 Å². The minimum atomic E-state index is -0.528. The van der Waals surface area contributed by atoms with Gasteiger partial charge in [0.15, 0.2) is 0 Å². The summed E-state index contributed by atoms with van der Waals surface area (Å²) in [5.41, 5.74) is -0.528. The first-order chi connectivity index (χ1) is 8.37. The molecule has 1 heterocycles. The predicted octanol–water partition coefficient (Wildman–Crippen LogP) is 1.60. The number of ether oxygens (including phenoxy) is 1. The van der Waals surface area contributed by atoms with E-state index in [2.05, 4.69) is 16.8 Å². The van der Waals surface area contributed by atoms with Crippen molar-refractivity contribution >= 4 is 5.97 Å². The molecule has 0 aromatic heterocycles. The first-order valence-electron chi connectivity index (χ1n) is 6.86. The van der Waals surface area contributed by atoms with Crippen LogP contribution in [0, 0.1) is 5.92 Å². The molecule has 1 fully saturated rings. The van der Waals surface area contributed by atoms with Gasteiger partial charge in [-0.3, -0.25) is 9.69 Å². The van der Waals surface area contributed by atoms with Crippen LogP contribution < -0.4 is 0 Å². The highest BCUT2D eigenvalue weighted by atomic mass is 16.5. The first kappa shape index (κ1) is 15.4. The summed E-state index contributed by atoms with van der Waals surface area (Å²) >= 11 is 0. The van der Waals surface area contributed by atoms with Crippen molar-refractivity contribution < 1.29 is 9.53 Å². The zero-order valence-electron chi connectivity index (χ0n) is 12.5. The van der Waals surface area contributed by atoms with Crippen LogP contribution in [0.2, 0.25) is 0 Å². The molecule has 0 amide bonds. The fraction of sp³-hybridized carbons (Fsp3) is 0.929. The van der Waals surface area contributed by atoms with Gasteiger partial charge in [-0.2, -0.15) is 0 Å². The lowest BCUT2D eigenvalue weighted by molar-refractivity contribution is -0.152. The van der Waals surface area contributed by atoms with Gasteiger partial charge in [-0.05, 0) is 72.8 Å². The molecular weight excluding hydrogens is 228 g/mol. The Morgan fingerprint density at radius 3 is 2.44 bits per heavy atom. The molecule has 0 bridgehead atoms. The third-order valence-electron chi connectivity index (χ3n) is 4.35. The van der Waals surface area contributed by atoms with Gasteiger partial charge in [0.05, 0.1) is 7.11 Å². The highest BCUT2D eigenvalue weighted by Crippen LogP contribution is 2.22. The highest BCUT2D eigenvalue weighted by Gasteiger charge is 2.33. The number of likely N-dealkylation sites (tertiary alicyclic amines) is 1. The van der Waals surface area contributed by atoms with E-state index in [0.29, 0.717) is 0 Å². The van der Waals surface area contributed by atoms with E-state index in [9.17, 15) is 4.79 Å². The monoisotopic (exact) mass is 256 g/mol. The predicted molar refractivity (Wildman–Crippen MR) is 73.6 cm³/mol. The number of hydrogen-bond donors (Lipinski definition) is 0. The first-order valence-corrected chi connectivity index (χ1v) is 6.86. The normalized spacial score (nSPS) is 19.2. The Morgan fingerprint density at radius 2 is 1.94 bits per heavy atom. The highest BCUT2D eigenvalue weighted by molar-refractivity contribution is 5.79. The van der Waals surface area contributed by atoms with Crippen molar-refractivity contribution in [2.45, 2.75) is 38.6 Å². The van der Waals surface area contributed by atoms with Gasteiger partial charge < -0.3 is 9.64 Å². The number of carbonyl (C=O) groups excluding carboxylic acids is 1. The average Bonchev–Trinajstić information content (AvgIpc) is 2.36. The summed E-state index contributed by atoms with van der Waals surface area (Å²) in [6.07, 6.45) is 3.73. The Morgan fingerprint density at radius 1 is 1.39 bits per heavy atom. The fourth-order valence-electron chi connectivity index (χ4n) is 2.41. The standard InChI is InChI=1S/C14H28N2O2/c1-14(2,13(17)18-5)16(4)11-8-12-6-9-15(3)10-7-12/h12H,6-11H2,1-5H3. The fourth-order valence-corrected chi connectivity index (χ4v) is 2.41. The molecule has 1 aliphatic heterocycles. The van der Waals surface area contributed by atoms with Crippen molar-refractivity contribution in [2.24, 2.45) is 5.92 Å². The Balaban J connectivity index is 2.36. The Bertz CT molecular complexity index is 271. The SMILES string of the molecule is COC(=O)C(C)(C)N(C)CCC1CCN(C)CC1. The van der Waals surface area contributed by atoms with Gasteiger partial charge in [-0.1, -0.05) is 0 Å². The molecule has 0 spiro atoms. The molecule has 0 unspecified atom stereocenters. The average molecular weight is 256 g/mol. The largest absolute Gasteiger partial charge is 0.468 e. The topological polar surface area (TPSA) is 32.8 Å². The maximum absolute atomic E-state index is 11.7. The molecule has 0 aromatic carbocycles. The molecule has 18 heavy (non-hydrogen) atoms. The smallest absolute Gasteiger partial charge is 0.325 e. The Hall–Kier alpha value is -0.610. The quantitative estimate of drug-likeness (QED) is 0.700. The minimum absolute atomic E-state index is 0.159. The third-order valence-corrected chi connectivity index (χ3v) is 4.35. The second kappa shape index (κ2) is 6.53. The van der Waals surface area contributed by atoms with Gasteiger partial charge in [0, 0.05) is 0 Å². The lowest BCUT2D eigenvalue weighted by Gasteiger charge is -2.35. The Kier molecular flexibility index (Phi) is 5.60. The number of rotatable bonds is 5. The summed E-state index contributed by atoms with van der Waals surface area (Å²) in [4.78, 5) is 16.2. The van der Waals surface area contributed by atoms with Crippen LogP contribution in [0.4, 0.5) is 0 Å². The summed E-state index contributed by atoms with van der Waals surface area (Å²) in [6, 6.07) is 0. The van der Waals surface area contributed by atoms with Crippen LogP contribution in [0.3, 0.4) is 0 Å². The Labute approximate surface area is 111 Å². The second-order valence-corrected chi connectivity index (χ2v) is 6.01. The molecule has 0 aliphatic carbocycles. The number of hydrogen-bond acceptors (Lipinski definition) is 4. The number of piperidine rings is 1. The molecule has 1 saturated heterocycles. The van der Waals surface area contributed by atoms with E-state index in [1.54, 1.807) is 0 Å². The summed E-state index contributed by atoms with van der Waals surface area (Å²) in [5.74, 6) is 0.644. The van der Waals surface area contributed by atoms with Gasteiger partial charge in [-0.15, -0.1) is 0 Å². The summed E-state index contributed by atoms with van der Waals surface area (Å²) in [5, 5.41) is 0. The summed E-state index contributed by atoms with van der Waals surface area (Å²) in [6.45, 7) is 7.21. The molecular formula is C14H28N2O2. The number of methoxy groups -OCH3 is 1. The van der Waals surface area contributed by atoms with Crippen LogP contribution in [-0.2, 0) is 9.53 Å². The molecule has 0 atom stereocenters. The molecule has 4 nitrogen and oxygen atoms in total. The van der Waals surface area contributed by atoms with Gasteiger partial charge in [0.25, 0.3) is 0 Å². The van der Waals surface area contributed by atoms with Crippen molar-refractivity contribution in [3.63, 3.8) is 0 Å². The van der Waals surface area contributed by atoms with E-state index in [0.717, 1.165) is 12.5 Å². The van der Waals surface area contributed by atoms with E-state index in [4.69, 9.17) is 4.74 Å². The van der Waals surface area contributed by atoms with Crippen LogP contribution >= 0.6 is 0 Å². The zero-order valence-corrected chi connectivity index (χ0v) is 12.5. The molecule has 0 aromatic rings. The van der Waals surface area contributed by atoms with Crippen LogP contribution in [0.5, 0.6) is 0 Å². The number of esters is 1.